The quantitative estimate of drug-likeness (QED) is 0.794. The van der Waals surface area contributed by atoms with Gasteiger partial charge in [0.1, 0.15) is 28.2 Å². The molecule has 0 saturated carbocycles. The monoisotopic (exact) mass is 324 g/mol. The van der Waals surface area contributed by atoms with Crippen LogP contribution in [0.4, 0.5) is 0 Å². The lowest BCUT2D eigenvalue weighted by Gasteiger charge is -2.13. The lowest BCUT2D eigenvalue weighted by Crippen LogP contribution is -2.20. The number of phenolic OH excluding ortho intramolecular Hbond substituents is 1. The van der Waals surface area contributed by atoms with Gasteiger partial charge in [-0.15, -0.1) is 0 Å². The van der Waals surface area contributed by atoms with Gasteiger partial charge in [0.2, 0.25) is 0 Å². The zero-order chi connectivity index (χ0) is 17.3. The lowest BCUT2D eigenvalue weighted by atomic mass is 10.1. The Hall–Kier alpha value is -3.08. The summed E-state index contributed by atoms with van der Waals surface area (Å²) in [5.41, 5.74) is 0.602. The summed E-state index contributed by atoms with van der Waals surface area (Å²) in [5.74, 6) is 0.265. The number of phenols is 1. The summed E-state index contributed by atoms with van der Waals surface area (Å²) in [6, 6.07) is 13.3. The van der Waals surface area contributed by atoms with Gasteiger partial charge in [0.05, 0.1) is 0 Å². The minimum atomic E-state index is -0.661. The van der Waals surface area contributed by atoms with Crippen molar-refractivity contribution in [3.8, 4) is 22.8 Å². The van der Waals surface area contributed by atoms with E-state index in [0.717, 1.165) is 5.56 Å². The number of hydrogen-bond donors (Lipinski definition) is 1. The highest BCUT2D eigenvalue weighted by Gasteiger charge is 2.15. The second-order valence-electron chi connectivity index (χ2n) is 5.53. The van der Waals surface area contributed by atoms with Crippen LogP contribution in [-0.4, -0.2) is 17.0 Å². The van der Waals surface area contributed by atoms with Gasteiger partial charge in [-0.25, -0.2) is 0 Å². The fourth-order valence-corrected chi connectivity index (χ4v) is 2.34. The highest BCUT2D eigenvalue weighted by molar-refractivity contribution is 5.86. The van der Waals surface area contributed by atoms with Crippen molar-refractivity contribution in [2.45, 2.75) is 20.0 Å². The Bertz CT molecular complexity index is 957. The fourth-order valence-electron chi connectivity index (χ4n) is 2.34. The molecular formula is C19H16O5. The van der Waals surface area contributed by atoms with Crippen LogP contribution in [0.5, 0.6) is 11.5 Å². The van der Waals surface area contributed by atoms with Crippen molar-refractivity contribution in [1.82, 2.24) is 0 Å². The molecule has 0 aliphatic carbocycles. The zero-order valence-corrected chi connectivity index (χ0v) is 13.3. The molecule has 0 spiro atoms. The van der Waals surface area contributed by atoms with Gasteiger partial charge >= 0.3 is 0 Å². The number of rotatable bonds is 4. The highest BCUT2D eigenvalue weighted by atomic mass is 16.5. The number of carbonyl (C=O) groups is 1. The second kappa shape index (κ2) is 6.20. The van der Waals surface area contributed by atoms with Gasteiger partial charge in [0.25, 0.3) is 0 Å². The van der Waals surface area contributed by atoms with Crippen LogP contribution in [0.25, 0.3) is 22.3 Å². The third kappa shape index (κ3) is 3.01. The summed E-state index contributed by atoms with van der Waals surface area (Å²) >= 11 is 0. The Morgan fingerprint density at radius 2 is 1.88 bits per heavy atom. The van der Waals surface area contributed by atoms with Crippen LogP contribution in [0.1, 0.15) is 13.8 Å². The van der Waals surface area contributed by atoms with E-state index in [9.17, 15) is 14.7 Å². The highest BCUT2D eigenvalue weighted by Crippen LogP contribution is 2.31. The topological polar surface area (TPSA) is 76.7 Å². The van der Waals surface area contributed by atoms with Crippen LogP contribution < -0.4 is 10.2 Å². The van der Waals surface area contributed by atoms with E-state index >= 15 is 0 Å². The van der Waals surface area contributed by atoms with Crippen LogP contribution in [-0.2, 0) is 4.79 Å². The van der Waals surface area contributed by atoms with E-state index in [1.165, 1.54) is 25.1 Å². The molecule has 5 nitrogen and oxygen atoms in total. The average molecular weight is 324 g/mol. The van der Waals surface area contributed by atoms with Gasteiger partial charge in [-0.2, -0.15) is 0 Å². The maximum atomic E-state index is 12.3. The van der Waals surface area contributed by atoms with Crippen LogP contribution in [0.15, 0.2) is 57.7 Å². The van der Waals surface area contributed by atoms with Crippen molar-refractivity contribution in [3.05, 3.63) is 58.8 Å². The van der Waals surface area contributed by atoms with Gasteiger partial charge < -0.3 is 14.3 Å². The smallest absolute Gasteiger partial charge is 0.197 e. The van der Waals surface area contributed by atoms with Gasteiger partial charge in [-0.1, -0.05) is 30.3 Å². The van der Waals surface area contributed by atoms with Crippen molar-refractivity contribution in [1.29, 1.82) is 0 Å². The SMILES string of the molecule is CC(=O)[C@H](C)Oc1cc(O)c2c(=O)cc(-c3ccccc3)oc2c1. The van der Waals surface area contributed by atoms with E-state index in [-0.39, 0.29) is 33.7 Å². The van der Waals surface area contributed by atoms with Crippen molar-refractivity contribution in [2.75, 3.05) is 0 Å². The first-order valence-corrected chi connectivity index (χ1v) is 7.49. The summed E-state index contributed by atoms with van der Waals surface area (Å²) in [5, 5.41) is 10.2. The van der Waals surface area contributed by atoms with Crippen LogP contribution in [0.3, 0.4) is 0 Å². The molecule has 2 aromatic carbocycles. The third-order valence-corrected chi connectivity index (χ3v) is 3.73. The van der Waals surface area contributed by atoms with Crippen LogP contribution >= 0.6 is 0 Å². The Morgan fingerprint density at radius 3 is 2.54 bits per heavy atom. The Morgan fingerprint density at radius 1 is 1.17 bits per heavy atom. The summed E-state index contributed by atoms with van der Waals surface area (Å²) in [4.78, 5) is 23.6. The minimum absolute atomic E-state index is 0.0810. The minimum Gasteiger partial charge on any atom is -0.507 e. The van der Waals surface area contributed by atoms with E-state index in [0.29, 0.717) is 5.76 Å². The number of benzene rings is 2. The number of aromatic hydroxyl groups is 1. The van der Waals surface area contributed by atoms with Gasteiger partial charge in [0.15, 0.2) is 17.3 Å². The van der Waals surface area contributed by atoms with Crippen molar-refractivity contribution in [3.63, 3.8) is 0 Å². The molecule has 0 aliphatic heterocycles. The predicted molar refractivity (Wildman–Crippen MR) is 90.4 cm³/mol. The molecule has 0 aliphatic rings. The molecule has 0 saturated heterocycles. The second-order valence-corrected chi connectivity index (χ2v) is 5.53. The first-order chi connectivity index (χ1) is 11.5. The summed E-state index contributed by atoms with van der Waals surface area (Å²) < 4.78 is 11.2. The lowest BCUT2D eigenvalue weighted by molar-refractivity contribution is -0.122. The Kier molecular flexibility index (Phi) is 4.08. The number of Topliss-reactive ketones (excluding diaryl/α,β-unsaturated/α-hetero) is 1. The molecule has 1 N–H and O–H groups in total. The van der Waals surface area contributed by atoms with Crippen LogP contribution in [0, 0.1) is 0 Å². The number of ether oxygens (including phenoxy) is 1. The molecule has 1 heterocycles. The van der Waals surface area contributed by atoms with E-state index in [1.807, 2.05) is 30.3 Å². The molecule has 5 heteroatoms. The Labute approximate surface area is 138 Å². The summed E-state index contributed by atoms with van der Waals surface area (Å²) in [7, 11) is 0. The standard InChI is InChI=1S/C19H16O5/c1-11(20)12(2)23-14-8-15(21)19-16(22)10-17(24-18(19)9-14)13-6-4-3-5-7-13/h3-10,12,21H,1-2H3/t12-/m0/s1. The number of ketones is 1. The molecule has 24 heavy (non-hydrogen) atoms. The van der Waals surface area contributed by atoms with Crippen molar-refractivity contribution < 1.29 is 19.1 Å². The van der Waals surface area contributed by atoms with E-state index in [1.54, 1.807) is 6.92 Å². The molecule has 0 unspecified atom stereocenters. The summed E-state index contributed by atoms with van der Waals surface area (Å²) in [6.45, 7) is 3.03. The maximum Gasteiger partial charge on any atom is 0.197 e. The third-order valence-electron chi connectivity index (χ3n) is 3.73. The molecule has 3 aromatic rings. The molecule has 122 valence electrons. The fraction of sp³-hybridized carbons (Fsp3) is 0.158. The molecular weight excluding hydrogens is 308 g/mol. The zero-order valence-electron chi connectivity index (χ0n) is 13.3. The van der Waals surface area contributed by atoms with Gasteiger partial charge in [0, 0.05) is 23.8 Å². The van der Waals surface area contributed by atoms with Gasteiger partial charge in [-0.3, -0.25) is 9.59 Å². The molecule has 0 radical (unpaired) electrons. The van der Waals surface area contributed by atoms with E-state index < -0.39 is 6.10 Å². The van der Waals surface area contributed by atoms with Crippen molar-refractivity contribution >= 4 is 16.8 Å². The van der Waals surface area contributed by atoms with Crippen LogP contribution in [0.2, 0.25) is 0 Å². The normalized spacial score (nSPS) is 12.1. The molecule has 0 bridgehead atoms. The predicted octanol–water partition coefficient (Wildman–Crippen LogP) is 3.52. The van der Waals surface area contributed by atoms with Crippen molar-refractivity contribution in [2.24, 2.45) is 0 Å². The van der Waals surface area contributed by atoms with Gasteiger partial charge in [-0.05, 0) is 13.8 Å². The molecule has 1 aromatic heterocycles. The summed E-state index contributed by atoms with van der Waals surface area (Å²) in [6.07, 6.45) is -0.661. The average Bonchev–Trinajstić information content (AvgIpc) is 2.54. The number of carbonyl (C=O) groups excluding carboxylic acids is 1. The molecule has 0 amide bonds. The molecule has 3 rings (SSSR count). The largest absolute Gasteiger partial charge is 0.507 e. The molecule has 0 fully saturated rings. The van der Waals surface area contributed by atoms with E-state index in [2.05, 4.69) is 0 Å². The first kappa shape index (κ1) is 15.8. The first-order valence-electron chi connectivity index (χ1n) is 7.49. The number of fused-ring (bicyclic) bond motifs is 1. The molecule has 1 atom stereocenters. The number of hydrogen-bond acceptors (Lipinski definition) is 5. The van der Waals surface area contributed by atoms with E-state index in [4.69, 9.17) is 9.15 Å². The Balaban J connectivity index is 2.14. The maximum absolute atomic E-state index is 12.3.